The first kappa shape index (κ1) is 14.9. The lowest BCUT2D eigenvalue weighted by Gasteiger charge is -2.14. The fraction of sp³-hybridized carbons (Fsp3) is 0.800. The Morgan fingerprint density at radius 2 is 2.06 bits per heavy atom. The third kappa shape index (κ3) is 5.01. The molecule has 1 aliphatic rings. The van der Waals surface area contributed by atoms with Crippen molar-refractivity contribution in [2.24, 2.45) is 5.73 Å². The maximum Gasteiger partial charge on any atom is 0.490 e. The number of ketones is 1. The number of esters is 1. The normalized spacial score (nSPS) is 21.0. The van der Waals surface area contributed by atoms with E-state index in [4.69, 9.17) is 5.73 Å². The van der Waals surface area contributed by atoms with Crippen molar-refractivity contribution < 1.29 is 27.5 Å². The molecule has 1 heterocycles. The summed E-state index contributed by atoms with van der Waals surface area (Å²) in [6.07, 6.45) is -4.16. The predicted molar refractivity (Wildman–Crippen MR) is 55.7 cm³/mol. The number of Topliss-reactive ketones (excluding diaryl/α,β-unsaturated/α-hetero) is 1. The molecule has 1 saturated heterocycles. The first-order valence-corrected chi connectivity index (χ1v) is 5.52. The highest BCUT2D eigenvalue weighted by Gasteiger charge is 2.41. The average molecular weight is 268 g/mol. The predicted octanol–water partition coefficient (Wildman–Crippen LogP) is 0.0841. The maximum atomic E-state index is 11.8. The number of ether oxygens (including phenoxy) is 1. The van der Waals surface area contributed by atoms with Gasteiger partial charge >= 0.3 is 12.1 Å². The highest BCUT2D eigenvalue weighted by molar-refractivity contribution is 5.83. The minimum Gasteiger partial charge on any atom is -0.451 e. The monoisotopic (exact) mass is 268 g/mol. The van der Waals surface area contributed by atoms with Crippen molar-refractivity contribution in [1.29, 1.82) is 0 Å². The van der Waals surface area contributed by atoms with Crippen molar-refractivity contribution in [2.45, 2.75) is 25.1 Å². The van der Waals surface area contributed by atoms with Crippen LogP contribution in [0.3, 0.4) is 0 Å². The fourth-order valence-corrected chi connectivity index (χ4v) is 1.65. The van der Waals surface area contributed by atoms with Gasteiger partial charge in [0.2, 0.25) is 0 Å². The first-order valence-electron chi connectivity index (χ1n) is 5.52. The quantitative estimate of drug-likeness (QED) is 0.715. The highest BCUT2D eigenvalue weighted by atomic mass is 19.4. The number of nitrogens with two attached hydrogens (primary N) is 1. The standard InChI is InChI=1S/C10H15F3N2O3/c11-10(12,13)9(17)18-6-8(16)2-4-15-3-1-7(14)5-15/h7H,1-6,14H2/t7-/m1/s1. The van der Waals surface area contributed by atoms with Gasteiger partial charge in [0.05, 0.1) is 0 Å². The summed E-state index contributed by atoms with van der Waals surface area (Å²) in [4.78, 5) is 23.5. The van der Waals surface area contributed by atoms with Crippen molar-refractivity contribution in [3.8, 4) is 0 Å². The van der Waals surface area contributed by atoms with Crippen molar-refractivity contribution >= 4 is 11.8 Å². The molecule has 0 aromatic rings. The Kier molecular flexibility index (Phi) is 5.09. The maximum absolute atomic E-state index is 11.8. The number of likely N-dealkylation sites (tertiary alicyclic amines) is 1. The molecule has 0 bridgehead atoms. The number of hydrogen-bond donors (Lipinski definition) is 1. The summed E-state index contributed by atoms with van der Waals surface area (Å²) in [5.74, 6) is -2.87. The van der Waals surface area contributed by atoms with E-state index in [1.54, 1.807) is 0 Å². The second-order valence-electron chi connectivity index (χ2n) is 4.21. The van der Waals surface area contributed by atoms with Crippen LogP contribution in [-0.4, -0.2) is 55.1 Å². The number of rotatable bonds is 5. The molecule has 0 saturated carbocycles. The SMILES string of the molecule is N[C@@H]1CCN(CCC(=O)COC(=O)C(F)(F)F)C1. The molecule has 0 aromatic carbocycles. The molecule has 0 aromatic heterocycles. The van der Waals surface area contributed by atoms with E-state index in [9.17, 15) is 22.8 Å². The van der Waals surface area contributed by atoms with E-state index in [0.29, 0.717) is 13.1 Å². The molecular weight excluding hydrogens is 253 g/mol. The summed E-state index contributed by atoms with van der Waals surface area (Å²) in [5.41, 5.74) is 5.66. The van der Waals surface area contributed by atoms with Crippen molar-refractivity contribution in [1.82, 2.24) is 4.90 Å². The van der Waals surface area contributed by atoms with Crippen LogP contribution in [0.5, 0.6) is 0 Å². The van der Waals surface area contributed by atoms with Gasteiger partial charge in [-0.1, -0.05) is 0 Å². The Labute approximate surface area is 102 Å². The molecular formula is C10H15F3N2O3. The summed E-state index contributed by atoms with van der Waals surface area (Å²) in [6, 6.07) is 0.0863. The zero-order chi connectivity index (χ0) is 13.8. The number of nitrogens with zero attached hydrogens (tertiary/aromatic N) is 1. The van der Waals surface area contributed by atoms with Gasteiger partial charge in [-0.05, 0) is 13.0 Å². The molecule has 1 rings (SSSR count). The van der Waals surface area contributed by atoms with E-state index in [2.05, 4.69) is 4.74 Å². The molecule has 5 nitrogen and oxygen atoms in total. The Bertz CT molecular complexity index is 320. The van der Waals surface area contributed by atoms with Crippen molar-refractivity contribution in [2.75, 3.05) is 26.2 Å². The van der Waals surface area contributed by atoms with Crippen LogP contribution in [0.2, 0.25) is 0 Å². The first-order chi connectivity index (χ1) is 8.29. The summed E-state index contributed by atoms with van der Waals surface area (Å²) in [5, 5.41) is 0. The van der Waals surface area contributed by atoms with Crippen LogP contribution < -0.4 is 5.73 Å². The summed E-state index contributed by atoms with van der Waals surface area (Å²) in [6.45, 7) is 1.04. The van der Waals surface area contributed by atoms with E-state index in [0.717, 1.165) is 13.0 Å². The zero-order valence-corrected chi connectivity index (χ0v) is 9.70. The third-order valence-electron chi connectivity index (χ3n) is 2.61. The summed E-state index contributed by atoms with van der Waals surface area (Å²) < 4.78 is 39.1. The molecule has 0 radical (unpaired) electrons. The van der Waals surface area contributed by atoms with Crippen LogP contribution in [0.25, 0.3) is 0 Å². The van der Waals surface area contributed by atoms with Gasteiger partial charge in [-0.2, -0.15) is 13.2 Å². The van der Waals surface area contributed by atoms with E-state index in [1.165, 1.54) is 0 Å². The Morgan fingerprint density at radius 3 is 2.56 bits per heavy atom. The zero-order valence-electron chi connectivity index (χ0n) is 9.70. The lowest BCUT2D eigenvalue weighted by molar-refractivity contribution is -0.199. The van der Waals surface area contributed by atoms with Gasteiger partial charge in [-0.25, -0.2) is 4.79 Å². The number of alkyl halides is 3. The minimum absolute atomic E-state index is 0.0534. The van der Waals surface area contributed by atoms with E-state index < -0.39 is 24.5 Å². The average Bonchev–Trinajstić information content (AvgIpc) is 2.67. The third-order valence-corrected chi connectivity index (χ3v) is 2.61. The molecule has 8 heteroatoms. The van der Waals surface area contributed by atoms with E-state index >= 15 is 0 Å². The smallest absolute Gasteiger partial charge is 0.451 e. The van der Waals surface area contributed by atoms with Crippen molar-refractivity contribution in [3.63, 3.8) is 0 Å². The fourth-order valence-electron chi connectivity index (χ4n) is 1.65. The summed E-state index contributed by atoms with van der Waals surface area (Å²) >= 11 is 0. The molecule has 0 unspecified atom stereocenters. The van der Waals surface area contributed by atoms with Gasteiger partial charge in [0.15, 0.2) is 5.78 Å². The number of hydrogen-bond acceptors (Lipinski definition) is 5. The molecule has 0 spiro atoms. The lowest BCUT2D eigenvalue weighted by atomic mass is 10.3. The Morgan fingerprint density at radius 1 is 1.39 bits per heavy atom. The number of carbonyl (C=O) groups is 2. The van der Waals surface area contributed by atoms with E-state index in [1.807, 2.05) is 4.90 Å². The molecule has 1 fully saturated rings. The van der Waals surface area contributed by atoms with Crippen LogP contribution in [0.15, 0.2) is 0 Å². The van der Waals surface area contributed by atoms with Crippen LogP contribution in [-0.2, 0) is 14.3 Å². The van der Waals surface area contributed by atoms with Gasteiger partial charge in [0.25, 0.3) is 0 Å². The molecule has 2 N–H and O–H groups in total. The van der Waals surface area contributed by atoms with Crippen LogP contribution >= 0.6 is 0 Å². The van der Waals surface area contributed by atoms with Crippen molar-refractivity contribution in [3.05, 3.63) is 0 Å². The van der Waals surface area contributed by atoms with Crippen LogP contribution in [0.4, 0.5) is 13.2 Å². The molecule has 1 aliphatic heterocycles. The Balaban J connectivity index is 2.16. The van der Waals surface area contributed by atoms with Gasteiger partial charge in [-0.3, -0.25) is 4.79 Å². The van der Waals surface area contributed by atoms with Crippen LogP contribution in [0.1, 0.15) is 12.8 Å². The van der Waals surface area contributed by atoms with E-state index in [-0.39, 0.29) is 12.5 Å². The lowest BCUT2D eigenvalue weighted by Crippen LogP contribution is -2.30. The molecule has 0 aliphatic carbocycles. The van der Waals surface area contributed by atoms with Crippen LogP contribution in [0, 0.1) is 0 Å². The second-order valence-corrected chi connectivity index (χ2v) is 4.21. The number of carbonyl (C=O) groups excluding carboxylic acids is 2. The molecule has 1 atom stereocenters. The summed E-state index contributed by atoms with van der Waals surface area (Å²) in [7, 11) is 0. The van der Waals surface area contributed by atoms with Gasteiger partial charge in [0.1, 0.15) is 6.61 Å². The minimum atomic E-state index is -5.05. The Hall–Kier alpha value is -1.15. The topological polar surface area (TPSA) is 72.6 Å². The molecule has 18 heavy (non-hydrogen) atoms. The largest absolute Gasteiger partial charge is 0.490 e. The molecule has 104 valence electrons. The van der Waals surface area contributed by atoms with Gasteiger partial charge in [0, 0.05) is 25.6 Å². The number of halogens is 3. The van der Waals surface area contributed by atoms with Gasteiger partial charge in [-0.15, -0.1) is 0 Å². The second kappa shape index (κ2) is 6.14. The van der Waals surface area contributed by atoms with Gasteiger partial charge < -0.3 is 15.4 Å². The molecule has 0 amide bonds. The highest BCUT2D eigenvalue weighted by Crippen LogP contribution is 2.16.